The first-order valence-electron chi connectivity index (χ1n) is 24.9. The number of rotatable bonds is 12. The average molecular weight is 971 g/mol. The summed E-state index contributed by atoms with van der Waals surface area (Å²) in [7, 11) is 0. The number of nitrogens with zero attached hydrogens (tertiary/aromatic N) is 9. The smallest absolute Gasteiger partial charge is 0.410 e. The molecule has 376 valence electrons. The zero-order valence-corrected chi connectivity index (χ0v) is 41.6. The molecule has 0 aromatic carbocycles. The van der Waals surface area contributed by atoms with Crippen molar-refractivity contribution in [2.45, 2.75) is 104 Å². The molecule has 2 fully saturated rings. The summed E-state index contributed by atoms with van der Waals surface area (Å²) in [4.78, 5) is 62.9. The van der Waals surface area contributed by atoms with Crippen LogP contribution < -0.4 is 35.4 Å². The van der Waals surface area contributed by atoms with Crippen LogP contribution in [0.4, 0.5) is 4.79 Å². The number of pyridine rings is 6. The van der Waals surface area contributed by atoms with Crippen molar-refractivity contribution in [3.8, 4) is 23.0 Å². The molecule has 1 N–H and O–H groups in total. The number of nitrogens with one attached hydrogen (secondary N) is 1. The van der Waals surface area contributed by atoms with Gasteiger partial charge in [0.2, 0.25) is 0 Å². The van der Waals surface area contributed by atoms with E-state index in [-0.39, 0.29) is 23.3 Å². The van der Waals surface area contributed by atoms with E-state index in [1.165, 1.54) is 0 Å². The lowest BCUT2D eigenvalue weighted by Crippen LogP contribution is -2.49. The van der Waals surface area contributed by atoms with Crippen LogP contribution in [0.2, 0.25) is 0 Å². The molecule has 4 aliphatic rings. The number of fused-ring (bicyclic) bond motifs is 4. The van der Waals surface area contributed by atoms with Gasteiger partial charge in [-0.15, -0.1) is 0 Å². The van der Waals surface area contributed by atoms with E-state index in [2.05, 4.69) is 35.1 Å². The lowest BCUT2D eigenvalue weighted by Gasteiger charge is -2.39. The lowest BCUT2D eigenvalue weighted by atomic mass is 10.0. The van der Waals surface area contributed by atoms with Gasteiger partial charge in [0.15, 0.2) is 23.0 Å². The van der Waals surface area contributed by atoms with Crippen LogP contribution in [0.15, 0.2) is 82.9 Å². The minimum absolute atomic E-state index is 0.0122. The van der Waals surface area contributed by atoms with Gasteiger partial charge >= 0.3 is 6.09 Å². The molecule has 0 spiro atoms. The lowest BCUT2D eigenvalue weighted by molar-refractivity contribution is 0.00528. The molecule has 71 heavy (non-hydrogen) atoms. The number of ether oxygens (including phenoxy) is 5. The summed E-state index contributed by atoms with van der Waals surface area (Å²) in [5, 5.41) is 3.63. The van der Waals surface area contributed by atoms with Crippen LogP contribution in [0.1, 0.15) is 69.0 Å². The highest BCUT2D eigenvalue weighted by Crippen LogP contribution is 2.32. The fourth-order valence-corrected chi connectivity index (χ4v) is 9.54. The molecule has 18 heteroatoms. The second kappa shape index (κ2) is 22.2. The average Bonchev–Trinajstić information content (AvgIpc) is 3.37. The van der Waals surface area contributed by atoms with Gasteiger partial charge in [0.25, 0.3) is 11.1 Å². The maximum atomic E-state index is 13.3. The van der Waals surface area contributed by atoms with E-state index >= 15 is 0 Å². The zero-order valence-electron chi connectivity index (χ0n) is 41.6. The minimum atomic E-state index is -0.602. The molecule has 4 aliphatic heterocycles. The van der Waals surface area contributed by atoms with Crippen molar-refractivity contribution in [2.24, 2.45) is 0 Å². The quantitative estimate of drug-likeness (QED) is 0.153. The Labute approximate surface area is 413 Å². The Kier molecular flexibility index (Phi) is 15.4. The molecule has 0 bridgehead atoms. The molecule has 0 aliphatic carbocycles. The molecule has 6 aromatic heterocycles. The third-order valence-corrected chi connectivity index (χ3v) is 13.3. The standard InChI is InChI=1S/C29H37N5O5.C24H29N5O3/c1-20-15-24-23(31-17-20)5-6-27(35)33(24)12-11-32-9-7-22(8-10-32)34(28(36)39-29(2,3)4)19-21-16-25-26(18-30-21)38-14-13-37-25;1-17-12-21-20(27-14-17)2-3-24(30)29(21)9-8-28-6-4-18(5-7-28)25-15-19-13-22-23(16-26-19)32-11-10-31-22/h5-6,15-18,22H,7-14,19H2,1-4H3;2-3,12-14,16,18,25H,4-11,15H2,1H3. The van der Waals surface area contributed by atoms with E-state index in [9.17, 15) is 14.4 Å². The maximum Gasteiger partial charge on any atom is 0.410 e. The Bertz CT molecular complexity index is 2940. The van der Waals surface area contributed by atoms with Gasteiger partial charge in [-0.25, -0.2) is 4.79 Å². The Balaban J connectivity index is 0.000000179. The van der Waals surface area contributed by atoms with Crippen LogP contribution in [0.3, 0.4) is 0 Å². The van der Waals surface area contributed by atoms with E-state index in [0.29, 0.717) is 63.6 Å². The number of aryl methyl sites for hydroxylation is 2. The first-order chi connectivity index (χ1) is 34.3. The molecule has 0 saturated carbocycles. The molecular weight excluding hydrogens is 905 g/mol. The highest BCUT2D eigenvalue weighted by Gasteiger charge is 2.32. The SMILES string of the molecule is Cc1cnc2ccc(=O)n(CCN3CCC(N(Cc4cc5c(cn4)OCCO5)C(=O)OC(C)(C)C)CC3)c2c1.Cc1cnc2ccc(=O)n(CCN3CCC(NCc4cc5c(cn4)OCCO5)CC3)c2c1. The topological polar surface area (TPSA) is 181 Å². The molecule has 18 nitrogen and oxygen atoms in total. The molecule has 10 heterocycles. The van der Waals surface area contributed by atoms with Crippen LogP contribution in [0.5, 0.6) is 23.0 Å². The van der Waals surface area contributed by atoms with Crippen molar-refractivity contribution >= 4 is 28.2 Å². The summed E-state index contributed by atoms with van der Waals surface area (Å²) < 4.78 is 31.9. The minimum Gasteiger partial charge on any atom is -0.486 e. The molecule has 0 radical (unpaired) electrons. The van der Waals surface area contributed by atoms with Crippen LogP contribution in [-0.4, -0.2) is 133 Å². The summed E-state index contributed by atoms with van der Waals surface area (Å²) >= 11 is 0. The van der Waals surface area contributed by atoms with Crippen molar-refractivity contribution < 1.29 is 28.5 Å². The van der Waals surface area contributed by atoms with Gasteiger partial charge in [-0.2, -0.15) is 0 Å². The van der Waals surface area contributed by atoms with Crippen LogP contribution in [-0.2, 0) is 30.9 Å². The van der Waals surface area contributed by atoms with Crippen LogP contribution in [0.25, 0.3) is 22.1 Å². The summed E-state index contributed by atoms with van der Waals surface area (Å²) in [6, 6.07) is 15.1. The fraction of sp³-hybridized carbons (Fsp3) is 0.491. The predicted molar refractivity (Wildman–Crippen MR) is 269 cm³/mol. The van der Waals surface area contributed by atoms with Crippen molar-refractivity contribution in [3.63, 3.8) is 0 Å². The Hall–Kier alpha value is -6.63. The van der Waals surface area contributed by atoms with Gasteiger partial charge in [-0.05, 0) is 109 Å². The van der Waals surface area contributed by atoms with Crippen LogP contribution >= 0.6 is 0 Å². The van der Waals surface area contributed by atoms with Crippen LogP contribution in [0, 0.1) is 13.8 Å². The number of aromatic nitrogens is 6. The van der Waals surface area contributed by atoms with E-state index in [0.717, 1.165) is 128 Å². The van der Waals surface area contributed by atoms with Crippen molar-refractivity contribution in [2.75, 3.05) is 65.7 Å². The van der Waals surface area contributed by atoms with E-state index < -0.39 is 5.60 Å². The number of hydrogen-bond donors (Lipinski definition) is 1. The predicted octanol–water partition coefficient (Wildman–Crippen LogP) is 5.90. The van der Waals surface area contributed by atoms with Crippen molar-refractivity contribution in [1.82, 2.24) is 49.1 Å². The number of likely N-dealkylation sites (tertiary alicyclic amines) is 2. The highest BCUT2D eigenvalue weighted by atomic mass is 16.6. The molecular formula is C53H66N10O8. The van der Waals surface area contributed by atoms with Gasteiger partial charge in [-0.3, -0.25) is 34.4 Å². The summed E-state index contributed by atoms with van der Waals surface area (Å²) in [6.07, 6.45) is 10.5. The van der Waals surface area contributed by atoms with E-state index in [4.69, 9.17) is 23.7 Å². The van der Waals surface area contributed by atoms with Crippen molar-refractivity contribution in [3.05, 3.63) is 117 Å². The summed E-state index contributed by atoms with van der Waals surface area (Å²) in [5.74, 6) is 2.79. The van der Waals surface area contributed by atoms with Gasteiger partial charge in [0.05, 0.1) is 52.4 Å². The molecule has 2 saturated heterocycles. The number of carbonyl (C=O) groups is 1. The third-order valence-electron chi connectivity index (χ3n) is 13.3. The Morgan fingerprint density at radius 3 is 1.63 bits per heavy atom. The molecule has 1 amide bonds. The number of hydrogen-bond acceptors (Lipinski definition) is 15. The van der Waals surface area contributed by atoms with E-state index in [1.807, 2.05) is 80.4 Å². The molecule has 0 atom stereocenters. The van der Waals surface area contributed by atoms with Gasteiger partial charge in [0.1, 0.15) is 32.0 Å². The Morgan fingerprint density at radius 1 is 0.634 bits per heavy atom. The van der Waals surface area contributed by atoms with Gasteiger partial charge < -0.3 is 47.9 Å². The molecule has 6 aromatic rings. The van der Waals surface area contributed by atoms with Crippen molar-refractivity contribution in [1.29, 1.82) is 0 Å². The number of amides is 1. The normalized spacial score (nSPS) is 16.6. The largest absolute Gasteiger partial charge is 0.486 e. The van der Waals surface area contributed by atoms with Gasteiger partial charge in [-0.1, -0.05) is 0 Å². The molecule has 0 unspecified atom stereocenters. The first kappa shape index (κ1) is 49.4. The van der Waals surface area contributed by atoms with E-state index in [1.54, 1.807) is 41.6 Å². The highest BCUT2D eigenvalue weighted by molar-refractivity contribution is 5.75. The first-order valence-corrected chi connectivity index (χ1v) is 24.9. The Morgan fingerprint density at radius 2 is 1.11 bits per heavy atom. The summed E-state index contributed by atoms with van der Waals surface area (Å²) in [5.41, 5.74) is 6.67. The number of piperidine rings is 2. The third kappa shape index (κ3) is 12.6. The van der Waals surface area contributed by atoms with Gasteiger partial charge in [0, 0.05) is 94.6 Å². The number of carbonyl (C=O) groups excluding carboxylic acids is 1. The maximum absolute atomic E-state index is 13.3. The molecule has 10 rings (SSSR count). The zero-order chi connectivity index (χ0) is 49.5. The second-order valence-electron chi connectivity index (χ2n) is 19.8. The second-order valence-corrected chi connectivity index (χ2v) is 19.8. The monoisotopic (exact) mass is 971 g/mol. The summed E-state index contributed by atoms with van der Waals surface area (Å²) in [6.45, 7) is 19.4. The fourth-order valence-electron chi connectivity index (χ4n) is 9.54.